The molecule has 1 aliphatic heterocycles. The predicted octanol–water partition coefficient (Wildman–Crippen LogP) is 3.19. The Labute approximate surface area is 154 Å². The molecule has 1 fully saturated rings. The van der Waals surface area contributed by atoms with Crippen LogP contribution in [0, 0.1) is 0 Å². The first-order valence-electron chi connectivity index (χ1n) is 8.33. The topological polar surface area (TPSA) is 62.3 Å². The van der Waals surface area contributed by atoms with Crippen LogP contribution in [0.5, 0.6) is 0 Å². The number of rotatable bonds is 4. The van der Waals surface area contributed by atoms with Gasteiger partial charge in [-0.05, 0) is 35.2 Å². The van der Waals surface area contributed by atoms with Gasteiger partial charge < -0.3 is 5.32 Å². The second-order valence-corrected chi connectivity index (χ2v) is 8.73. The first-order valence-corrected chi connectivity index (χ1v) is 10.1. The van der Waals surface area contributed by atoms with E-state index >= 15 is 0 Å². The third-order valence-corrected chi connectivity index (χ3v) is 6.86. The highest BCUT2D eigenvalue weighted by atomic mass is 35.5. The van der Waals surface area contributed by atoms with Crippen molar-refractivity contribution in [3.8, 4) is 0 Å². The lowest BCUT2D eigenvalue weighted by Gasteiger charge is -2.35. The van der Waals surface area contributed by atoms with Crippen LogP contribution in [0.1, 0.15) is 36.9 Å². The molecule has 3 rings (SSSR count). The first kappa shape index (κ1) is 18.3. The molecule has 0 saturated carbocycles. The first-order chi connectivity index (χ1) is 11.9. The maximum Gasteiger partial charge on any atom is 0.245 e. The number of benzene rings is 1. The summed E-state index contributed by atoms with van der Waals surface area (Å²) >= 11 is 6.26. The number of aromatic nitrogens is 1. The Kier molecular flexibility index (Phi) is 5.43. The van der Waals surface area contributed by atoms with Gasteiger partial charge in [0.1, 0.15) is 4.90 Å². The monoisotopic (exact) mass is 379 g/mol. The summed E-state index contributed by atoms with van der Waals surface area (Å²) in [6, 6.07) is 8.67. The summed E-state index contributed by atoms with van der Waals surface area (Å²) in [6.07, 6.45) is 3.40. The summed E-state index contributed by atoms with van der Waals surface area (Å²) in [5.41, 5.74) is 1.82. The van der Waals surface area contributed by atoms with Gasteiger partial charge >= 0.3 is 0 Å². The van der Waals surface area contributed by atoms with E-state index in [2.05, 4.69) is 10.3 Å². The van der Waals surface area contributed by atoms with Crippen molar-refractivity contribution < 1.29 is 8.42 Å². The number of pyridine rings is 1. The van der Waals surface area contributed by atoms with Crippen molar-refractivity contribution in [2.75, 3.05) is 19.6 Å². The molecule has 0 spiro atoms. The fourth-order valence-electron chi connectivity index (χ4n) is 3.03. The largest absolute Gasteiger partial charge is 0.313 e. The van der Waals surface area contributed by atoms with Gasteiger partial charge in [0.15, 0.2) is 0 Å². The molecule has 1 aliphatic rings. The highest BCUT2D eigenvalue weighted by Gasteiger charge is 2.35. The molecule has 2 aromatic rings. The predicted molar refractivity (Wildman–Crippen MR) is 99.3 cm³/mol. The number of nitrogens with one attached hydrogen (secondary N) is 1. The third kappa shape index (κ3) is 3.72. The summed E-state index contributed by atoms with van der Waals surface area (Å²) in [5, 5.41) is 3.52. The van der Waals surface area contributed by atoms with Gasteiger partial charge in [-0.15, -0.1) is 0 Å². The molecule has 134 valence electrons. The number of sulfonamides is 1. The van der Waals surface area contributed by atoms with Crippen molar-refractivity contribution >= 4 is 21.6 Å². The number of halogens is 1. The Hall–Kier alpha value is -1.47. The molecule has 0 radical (unpaired) electrons. The molecular formula is C18H22ClN3O2S. The highest BCUT2D eigenvalue weighted by molar-refractivity contribution is 7.89. The van der Waals surface area contributed by atoms with Crippen molar-refractivity contribution in [1.82, 2.24) is 14.6 Å². The van der Waals surface area contributed by atoms with Crippen LogP contribution in [0.25, 0.3) is 0 Å². The Morgan fingerprint density at radius 2 is 2.12 bits per heavy atom. The Morgan fingerprint density at radius 3 is 2.80 bits per heavy atom. The molecule has 25 heavy (non-hydrogen) atoms. The molecular weight excluding hydrogens is 358 g/mol. The van der Waals surface area contributed by atoms with E-state index in [1.165, 1.54) is 4.31 Å². The molecule has 1 aromatic carbocycles. The minimum atomic E-state index is -3.71. The van der Waals surface area contributed by atoms with Crippen LogP contribution >= 0.6 is 11.6 Å². The van der Waals surface area contributed by atoms with Gasteiger partial charge in [-0.3, -0.25) is 4.98 Å². The number of piperazine rings is 1. The SMILES string of the molecule is CC(C)c1ccc(Cl)c(S(=O)(=O)N2CCNCC2c2cccnc2)c1. The van der Waals surface area contributed by atoms with Gasteiger partial charge in [-0.2, -0.15) is 4.31 Å². The van der Waals surface area contributed by atoms with Crippen molar-refractivity contribution in [1.29, 1.82) is 0 Å². The molecule has 1 saturated heterocycles. The van der Waals surface area contributed by atoms with E-state index in [9.17, 15) is 8.42 Å². The van der Waals surface area contributed by atoms with E-state index in [4.69, 9.17) is 11.6 Å². The summed E-state index contributed by atoms with van der Waals surface area (Å²) in [7, 11) is -3.71. The summed E-state index contributed by atoms with van der Waals surface area (Å²) < 4.78 is 28.3. The van der Waals surface area contributed by atoms with Gasteiger partial charge in [0, 0.05) is 32.0 Å². The fourth-order valence-corrected chi connectivity index (χ4v) is 5.16. The second kappa shape index (κ2) is 7.41. The molecule has 7 heteroatoms. The average molecular weight is 380 g/mol. The summed E-state index contributed by atoms with van der Waals surface area (Å²) in [4.78, 5) is 4.31. The molecule has 1 atom stereocenters. The molecule has 1 aromatic heterocycles. The quantitative estimate of drug-likeness (QED) is 0.886. The zero-order valence-corrected chi connectivity index (χ0v) is 15.9. The van der Waals surface area contributed by atoms with Crippen LogP contribution in [-0.2, 0) is 10.0 Å². The standard InChI is InChI=1S/C18H22ClN3O2S/c1-13(2)14-5-6-16(19)18(10-14)25(23,24)22-9-8-21-12-17(22)15-4-3-7-20-11-15/h3-7,10-11,13,17,21H,8-9,12H2,1-2H3. The summed E-state index contributed by atoms with van der Waals surface area (Å²) in [6.45, 7) is 5.61. The normalized spacial score (nSPS) is 19.3. The van der Waals surface area contributed by atoms with Crippen LogP contribution < -0.4 is 5.32 Å². The molecule has 2 heterocycles. The van der Waals surface area contributed by atoms with Crippen LogP contribution in [0.3, 0.4) is 0 Å². The van der Waals surface area contributed by atoms with Crippen LogP contribution in [-0.4, -0.2) is 37.3 Å². The van der Waals surface area contributed by atoms with Gasteiger partial charge in [-0.25, -0.2) is 8.42 Å². The summed E-state index contributed by atoms with van der Waals surface area (Å²) in [5.74, 6) is 0.225. The van der Waals surface area contributed by atoms with E-state index in [1.807, 2.05) is 32.0 Å². The number of hydrogen-bond donors (Lipinski definition) is 1. The van der Waals surface area contributed by atoms with Gasteiger partial charge in [0.2, 0.25) is 10.0 Å². The minimum absolute atomic E-state index is 0.177. The van der Waals surface area contributed by atoms with Crippen LogP contribution in [0.2, 0.25) is 5.02 Å². The second-order valence-electron chi connectivity index (χ2n) is 6.47. The zero-order chi connectivity index (χ0) is 18.0. The third-order valence-electron chi connectivity index (χ3n) is 4.47. The smallest absolute Gasteiger partial charge is 0.245 e. The van der Waals surface area contributed by atoms with E-state index in [0.29, 0.717) is 19.6 Å². The highest BCUT2D eigenvalue weighted by Crippen LogP contribution is 2.33. The van der Waals surface area contributed by atoms with Crippen LogP contribution in [0.15, 0.2) is 47.6 Å². The van der Waals surface area contributed by atoms with Gasteiger partial charge in [0.05, 0.1) is 11.1 Å². The number of nitrogens with zero attached hydrogens (tertiary/aromatic N) is 2. The molecule has 0 aliphatic carbocycles. The maximum atomic E-state index is 13.4. The van der Waals surface area contributed by atoms with Crippen molar-refractivity contribution in [2.45, 2.75) is 30.7 Å². The van der Waals surface area contributed by atoms with Gasteiger partial charge in [-0.1, -0.05) is 37.6 Å². The van der Waals surface area contributed by atoms with Crippen molar-refractivity contribution in [3.05, 3.63) is 58.9 Å². The fraction of sp³-hybridized carbons (Fsp3) is 0.389. The zero-order valence-electron chi connectivity index (χ0n) is 14.3. The van der Waals surface area contributed by atoms with E-state index in [-0.39, 0.29) is 21.9 Å². The van der Waals surface area contributed by atoms with E-state index in [1.54, 1.807) is 24.5 Å². The number of hydrogen-bond acceptors (Lipinski definition) is 4. The molecule has 0 amide bonds. The molecule has 1 N–H and O–H groups in total. The van der Waals surface area contributed by atoms with Crippen LogP contribution in [0.4, 0.5) is 0 Å². The average Bonchev–Trinajstić information content (AvgIpc) is 2.62. The lowest BCUT2D eigenvalue weighted by molar-refractivity contribution is 0.271. The van der Waals surface area contributed by atoms with E-state index < -0.39 is 10.0 Å². The lowest BCUT2D eigenvalue weighted by Crippen LogP contribution is -2.48. The molecule has 0 bridgehead atoms. The Bertz CT molecular complexity index is 841. The minimum Gasteiger partial charge on any atom is -0.313 e. The Morgan fingerprint density at radius 1 is 1.32 bits per heavy atom. The maximum absolute atomic E-state index is 13.4. The van der Waals surface area contributed by atoms with Gasteiger partial charge in [0.25, 0.3) is 0 Å². The molecule has 5 nitrogen and oxygen atoms in total. The molecule has 1 unspecified atom stereocenters. The lowest BCUT2D eigenvalue weighted by atomic mass is 10.0. The van der Waals surface area contributed by atoms with Crippen molar-refractivity contribution in [3.63, 3.8) is 0 Å². The van der Waals surface area contributed by atoms with E-state index in [0.717, 1.165) is 11.1 Å². The Balaban J connectivity index is 2.04. The van der Waals surface area contributed by atoms with Crippen molar-refractivity contribution in [2.24, 2.45) is 0 Å².